The number of aliphatic hydroxyl groups is 1. The second-order valence-corrected chi connectivity index (χ2v) is 6.82. The van der Waals surface area contributed by atoms with Gasteiger partial charge < -0.3 is 15.7 Å². The first-order valence-electron chi connectivity index (χ1n) is 7.21. The van der Waals surface area contributed by atoms with Crippen LogP contribution in [0.5, 0.6) is 0 Å². The van der Waals surface area contributed by atoms with Crippen LogP contribution < -0.4 is 10.6 Å². The summed E-state index contributed by atoms with van der Waals surface area (Å²) in [5, 5.41) is 16.8. The lowest BCUT2D eigenvalue weighted by Crippen LogP contribution is -2.62. The largest absolute Gasteiger partial charge is 0.391 e. The molecule has 3 aliphatic rings. The molecule has 3 fully saturated rings. The van der Waals surface area contributed by atoms with Crippen molar-refractivity contribution in [3.8, 4) is 0 Å². The van der Waals surface area contributed by atoms with Gasteiger partial charge in [0.25, 0.3) is 0 Å². The van der Waals surface area contributed by atoms with E-state index in [0.29, 0.717) is 5.92 Å². The van der Waals surface area contributed by atoms with Crippen LogP contribution in [0.2, 0.25) is 0 Å². The summed E-state index contributed by atoms with van der Waals surface area (Å²) in [6.45, 7) is 5.33. The molecule has 102 valence electrons. The lowest BCUT2D eigenvalue weighted by Gasteiger charge is -2.41. The first kappa shape index (κ1) is 12.4. The summed E-state index contributed by atoms with van der Waals surface area (Å²) in [5.74, 6) is 0.631. The van der Waals surface area contributed by atoms with Crippen LogP contribution >= 0.6 is 0 Å². The van der Waals surface area contributed by atoms with Crippen molar-refractivity contribution in [2.45, 2.75) is 63.6 Å². The van der Waals surface area contributed by atoms with Crippen molar-refractivity contribution in [3.05, 3.63) is 0 Å². The molecule has 0 aromatic heterocycles. The van der Waals surface area contributed by atoms with E-state index in [2.05, 4.69) is 24.5 Å². The minimum atomic E-state index is -0.390. The van der Waals surface area contributed by atoms with Crippen LogP contribution in [-0.4, -0.2) is 35.2 Å². The Morgan fingerprint density at radius 2 is 2.17 bits per heavy atom. The van der Waals surface area contributed by atoms with E-state index in [1.807, 2.05) is 0 Å². The number of hydrogen-bond donors (Lipinski definition) is 3. The number of hydrogen-bond acceptors (Lipinski definition) is 3. The standard InChI is InChI=1S/C14H24N2O2/c1-13(2)9-5-6-14(13,11(17)8-9)16-12(18)10-4-3-7-15-10/h9-11,15,17H,3-8H2,1-2H3,(H,16,18)/t9-,10+,11-,14-/m1/s1. The zero-order valence-electron chi connectivity index (χ0n) is 11.3. The summed E-state index contributed by atoms with van der Waals surface area (Å²) in [4.78, 5) is 12.3. The Hall–Kier alpha value is -0.610. The van der Waals surface area contributed by atoms with Crippen LogP contribution in [0.1, 0.15) is 46.0 Å². The molecule has 2 saturated carbocycles. The Kier molecular flexibility index (Phi) is 2.72. The zero-order chi connectivity index (χ0) is 13.0. The highest BCUT2D eigenvalue weighted by Crippen LogP contribution is 2.60. The third kappa shape index (κ3) is 1.48. The topological polar surface area (TPSA) is 61.4 Å². The normalized spacial score (nSPS) is 45.4. The maximum absolute atomic E-state index is 12.3. The fourth-order valence-corrected chi connectivity index (χ4v) is 4.45. The van der Waals surface area contributed by atoms with Gasteiger partial charge in [0.1, 0.15) is 0 Å². The van der Waals surface area contributed by atoms with E-state index in [0.717, 1.165) is 38.6 Å². The number of aliphatic hydroxyl groups excluding tert-OH is 1. The zero-order valence-corrected chi connectivity index (χ0v) is 11.3. The number of nitrogens with one attached hydrogen (secondary N) is 2. The molecular weight excluding hydrogens is 228 g/mol. The van der Waals surface area contributed by atoms with Gasteiger partial charge in [-0.2, -0.15) is 0 Å². The molecule has 1 amide bonds. The highest BCUT2D eigenvalue weighted by atomic mass is 16.3. The van der Waals surface area contributed by atoms with Crippen molar-refractivity contribution in [3.63, 3.8) is 0 Å². The number of fused-ring (bicyclic) bond motifs is 2. The van der Waals surface area contributed by atoms with Gasteiger partial charge >= 0.3 is 0 Å². The van der Waals surface area contributed by atoms with Crippen LogP contribution in [-0.2, 0) is 4.79 Å². The molecule has 0 radical (unpaired) electrons. The van der Waals surface area contributed by atoms with E-state index < -0.39 is 0 Å². The predicted octanol–water partition coefficient (Wildman–Crippen LogP) is 0.794. The molecule has 2 bridgehead atoms. The maximum atomic E-state index is 12.3. The quantitative estimate of drug-likeness (QED) is 0.681. The number of carbonyl (C=O) groups is 1. The van der Waals surface area contributed by atoms with Crippen molar-refractivity contribution < 1.29 is 9.90 Å². The van der Waals surface area contributed by atoms with E-state index in [4.69, 9.17) is 0 Å². The Morgan fingerprint density at radius 1 is 1.39 bits per heavy atom. The molecule has 3 N–H and O–H groups in total. The van der Waals surface area contributed by atoms with Gasteiger partial charge in [0, 0.05) is 0 Å². The Morgan fingerprint density at radius 3 is 2.67 bits per heavy atom. The van der Waals surface area contributed by atoms with Gasteiger partial charge in [-0.25, -0.2) is 0 Å². The Bertz CT molecular complexity index is 363. The monoisotopic (exact) mass is 252 g/mol. The first-order chi connectivity index (χ1) is 8.47. The predicted molar refractivity (Wildman–Crippen MR) is 69.0 cm³/mol. The summed E-state index contributed by atoms with van der Waals surface area (Å²) >= 11 is 0. The molecule has 3 rings (SSSR count). The second-order valence-electron chi connectivity index (χ2n) is 6.82. The van der Waals surface area contributed by atoms with E-state index in [-0.39, 0.29) is 29.0 Å². The summed E-state index contributed by atoms with van der Waals surface area (Å²) in [6.07, 6.45) is 4.50. The van der Waals surface area contributed by atoms with E-state index in [1.54, 1.807) is 0 Å². The minimum Gasteiger partial charge on any atom is -0.391 e. The van der Waals surface area contributed by atoms with Crippen LogP contribution in [0, 0.1) is 11.3 Å². The molecular formula is C14H24N2O2. The number of rotatable bonds is 2. The van der Waals surface area contributed by atoms with Gasteiger partial charge in [0.05, 0.1) is 17.7 Å². The maximum Gasteiger partial charge on any atom is 0.237 e. The molecule has 0 aromatic rings. The number of amides is 1. The average molecular weight is 252 g/mol. The molecule has 4 heteroatoms. The molecule has 1 aliphatic heterocycles. The molecule has 1 heterocycles. The SMILES string of the molecule is CC1(C)[C@@H]2CC[C@@]1(NC(=O)[C@@H]1CCCN1)[C@H](O)C2. The molecule has 4 nitrogen and oxygen atoms in total. The van der Waals surface area contributed by atoms with Crippen molar-refractivity contribution >= 4 is 5.91 Å². The molecule has 1 saturated heterocycles. The highest BCUT2D eigenvalue weighted by molar-refractivity contribution is 5.83. The first-order valence-corrected chi connectivity index (χ1v) is 7.21. The van der Waals surface area contributed by atoms with Crippen LogP contribution in [0.25, 0.3) is 0 Å². The smallest absolute Gasteiger partial charge is 0.237 e. The Balaban J connectivity index is 1.79. The van der Waals surface area contributed by atoms with Gasteiger partial charge in [-0.3, -0.25) is 4.79 Å². The fourth-order valence-electron chi connectivity index (χ4n) is 4.45. The van der Waals surface area contributed by atoms with Crippen molar-refractivity contribution in [2.75, 3.05) is 6.54 Å². The van der Waals surface area contributed by atoms with Crippen LogP contribution in [0.3, 0.4) is 0 Å². The van der Waals surface area contributed by atoms with Crippen LogP contribution in [0.15, 0.2) is 0 Å². The summed E-state index contributed by atoms with van der Waals surface area (Å²) in [6, 6.07) is -0.0537. The van der Waals surface area contributed by atoms with E-state index in [9.17, 15) is 9.90 Å². The molecule has 0 aromatic carbocycles. The van der Waals surface area contributed by atoms with E-state index in [1.165, 1.54) is 0 Å². The van der Waals surface area contributed by atoms with Gasteiger partial charge in [0.2, 0.25) is 5.91 Å². The highest BCUT2D eigenvalue weighted by Gasteiger charge is 2.64. The summed E-state index contributed by atoms with van der Waals surface area (Å²) < 4.78 is 0. The van der Waals surface area contributed by atoms with Gasteiger partial charge in [-0.15, -0.1) is 0 Å². The van der Waals surface area contributed by atoms with Gasteiger partial charge in [-0.05, 0) is 50.0 Å². The molecule has 0 unspecified atom stereocenters. The third-order valence-corrected chi connectivity index (χ3v) is 5.86. The van der Waals surface area contributed by atoms with Crippen molar-refractivity contribution in [1.29, 1.82) is 0 Å². The van der Waals surface area contributed by atoms with Gasteiger partial charge in [0.15, 0.2) is 0 Å². The second kappa shape index (κ2) is 3.94. The van der Waals surface area contributed by atoms with Gasteiger partial charge in [-0.1, -0.05) is 13.8 Å². The van der Waals surface area contributed by atoms with Crippen LogP contribution in [0.4, 0.5) is 0 Å². The molecule has 4 atom stereocenters. The van der Waals surface area contributed by atoms with E-state index >= 15 is 0 Å². The molecule has 2 aliphatic carbocycles. The Labute approximate surface area is 109 Å². The lowest BCUT2D eigenvalue weighted by atomic mass is 9.75. The lowest BCUT2D eigenvalue weighted by molar-refractivity contribution is -0.127. The molecule has 18 heavy (non-hydrogen) atoms. The number of carbonyl (C=O) groups excluding carboxylic acids is 1. The summed E-state index contributed by atoms with van der Waals surface area (Å²) in [5.41, 5.74) is -0.375. The van der Waals surface area contributed by atoms with Crippen molar-refractivity contribution in [1.82, 2.24) is 10.6 Å². The average Bonchev–Trinajstić information content (AvgIpc) is 2.95. The molecule has 0 spiro atoms. The third-order valence-electron chi connectivity index (χ3n) is 5.86. The minimum absolute atomic E-state index is 0.0146. The van der Waals surface area contributed by atoms with Crippen molar-refractivity contribution in [2.24, 2.45) is 11.3 Å². The summed E-state index contributed by atoms with van der Waals surface area (Å²) in [7, 11) is 0. The fraction of sp³-hybridized carbons (Fsp3) is 0.929.